The van der Waals surface area contributed by atoms with E-state index in [9.17, 15) is 0 Å². The van der Waals surface area contributed by atoms with Gasteiger partial charge in [-0.2, -0.15) is 0 Å². The van der Waals surface area contributed by atoms with Gasteiger partial charge < -0.3 is 4.74 Å². The van der Waals surface area contributed by atoms with E-state index in [-0.39, 0.29) is 0 Å². The van der Waals surface area contributed by atoms with E-state index >= 15 is 0 Å². The average molecular weight is 362 g/mol. The minimum absolute atomic E-state index is 0.821. The van der Waals surface area contributed by atoms with E-state index in [0.717, 1.165) is 42.1 Å². The minimum atomic E-state index is 0.821. The third-order valence-electron chi connectivity index (χ3n) is 4.18. The van der Waals surface area contributed by atoms with Crippen LogP contribution in [0, 0.1) is 0 Å². The Morgan fingerprint density at radius 2 is 1.16 bits per heavy atom. The summed E-state index contributed by atoms with van der Waals surface area (Å²) in [5, 5.41) is 1.64. The number of hydrogen-bond donors (Lipinski definition) is 0. The topological polar surface area (TPSA) is 43.8 Å². The van der Waals surface area contributed by atoms with E-state index in [0.29, 0.717) is 0 Å². The highest BCUT2D eigenvalue weighted by molar-refractivity contribution is 7.20. The molecule has 0 amide bonds. The fraction of sp³-hybridized carbons (Fsp3) is 0. The minimum Gasteiger partial charge on any atom is -0.433 e. The van der Waals surface area contributed by atoms with Gasteiger partial charge in [-0.3, -0.25) is 8.80 Å². The lowest BCUT2D eigenvalue weighted by atomic mass is 10.3. The molecule has 7 heteroatoms. The van der Waals surface area contributed by atoms with Gasteiger partial charge in [0.05, 0.1) is 34.5 Å². The van der Waals surface area contributed by atoms with E-state index in [2.05, 4.69) is 30.9 Å². The Morgan fingerprint density at radius 1 is 0.680 bits per heavy atom. The highest BCUT2D eigenvalue weighted by atomic mass is 32.1. The van der Waals surface area contributed by atoms with E-state index in [1.54, 1.807) is 22.7 Å². The van der Waals surface area contributed by atoms with Crippen molar-refractivity contribution in [2.45, 2.75) is 0 Å². The van der Waals surface area contributed by atoms with Crippen LogP contribution in [0.4, 0.5) is 0 Å². The molecule has 2 aromatic carbocycles. The molecule has 120 valence electrons. The van der Waals surface area contributed by atoms with Crippen molar-refractivity contribution in [1.82, 2.24) is 18.8 Å². The Bertz CT molecular complexity index is 1280. The fourth-order valence-corrected chi connectivity index (χ4v) is 4.85. The Labute approximate surface area is 149 Å². The zero-order valence-electron chi connectivity index (χ0n) is 12.8. The molecule has 6 aromatic rings. The van der Waals surface area contributed by atoms with Crippen molar-refractivity contribution in [3.05, 3.63) is 60.9 Å². The second-order valence-electron chi connectivity index (χ2n) is 5.71. The first-order valence-electron chi connectivity index (χ1n) is 7.76. The van der Waals surface area contributed by atoms with E-state index in [1.165, 1.54) is 0 Å². The first kappa shape index (κ1) is 13.4. The number of para-hydroxylation sites is 4. The second kappa shape index (κ2) is 4.81. The molecular formula is C18H10N4OS2. The Balaban J connectivity index is 1.43. The number of fused-ring (bicyclic) bond motifs is 6. The third-order valence-corrected chi connectivity index (χ3v) is 5.90. The normalized spacial score (nSPS) is 12.0. The standard InChI is InChI=1S/C18H10N4OS2/c1-3-7-13-11(5-1)19-17-21(13)9-15(24-17)23-16-10-22-14-8-4-2-6-12(14)20-18(22)25-16/h1-10H. The monoisotopic (exact) mass is 362 g/mol. The number of aromatic nitrogens is 4. The number of hydrogen-bond acceptors (Lipinski definition) is 5. The first-order chi connectivity index (χ1) is 12.3. The van der Waals surface area contributed by atoms with Crippen LogP contribution in [0.1, 0.15) is 0 Å². The summed E-state index contributed by atoms with van der Waals surface area (Å²) in [6.07, 6.45) is 3.99. The molecule has 0 unspecified atom stereocenters. The highest BCUT2D eigenvalue weighted by Crippen LogP contribution is 2.36. The molecule has 0 saturated carbocycles. The summed E-state index contributed by atoms with van der Waals surface area (Å²) in [5.74, 6) is 0. The summed E-state index contributed by atoms with van der Waals surface area (Å²) in [5.41, 5.74) is 4.19. The van der Waals surface area contributed by atoms with Crippen molar-refractivity contribution in [2.75, 3.05) is 0 Å². The van der Waals surface area contributed by atoms with Crippen LogP contribution in [0.5, 0.6) is 10.1 Å². The van der Waals surface area contributed by atoms with Gasteiger partial charge in [0.15, 0.2) is 9.92 Å². The summed E-state index contributed by atoms with van der Waals surface area (Å²) in [6, 6.07) is 16.2. The predicted molar refractivity (Wildman–Crippen MR) is 101 cm³/mol. The van der Waals surface area contributed by atoms with Gasteiger partial charge in [0.1, 0.15) is 0 Å². The van der Waals surface area contributed by atoms with Crippen LogP contribution >= 0.6 is 22.7 Å². The number of thiazole rings is 2. The molecule has 0 saturated heterocycles. The molecule has 0 N–H and O–H groups in total. The molecule has 0 radical (unpaired) electrons. The molecule has 4 aromatic heterocycles. The molecule has 0 bridgehead atoms. The summed E-state index contributed by atoms with van der Waals surface area (Å²) < 4.78 is 10.2. The molecule has 0 aliphatic carbocycles. The van der Waals surface area contributed by atoms with Crippen LogP contribution in [-0.4, -0.2) is 18.8 Å². The Kier molecular flexibility index (Phi) is 2.58. The number of ether oxygens (including phenoxy) is 1. The molecule has 0 spiro atoms. The zero-order chi connectivity index (χ0) is 16.4. The quantitative estimate of drug-likeness (QED) is 0.425. The van der Waals surface area contributed by atoms with Gasteiger partial charge in [0.25, 0.3) is 0 Å². The lowest BCUT2D eigenvalue weighted by Crippen LogP contribution is -1.80. The van der Waals surface area contributed by atoms with E-state index in [1.807, 2.05) is 48.8 Å². The molecule has 0 fully saturated rings. The van der Waals surface area contributed by atoms with Gasteiger partial charge in [0.2, 0.25) is 10.1 Å². The number of imidazole rings is 2. The van der Waals surface area contributed by atoms with Crippen molar-refractivity contribution in [2.24, 2.45) is 0 Å². The summed E-state index contributed by atoms with van der Waals surface area (Å²) in [7, 11) is 0. The molecule has 0 aliphatic heterocycles. The maximum Gasteiger partial charge on any atom is 0.202 e. The van der Waals surface area contributed by atoms with Crippen LogP contribution in [0.15, 0.2) is 60.9 Å². The van der Waals surface area contributed by atoms with Crippen molar-refractivity contribution in [3.63, 3.8) is 0 Å². The van der Waals surface area contributed by atoms with Crippen LogP contribution in [0.2, 0.25) is 0 Å². The van der Waals surface area contributed by atoms with Crippen LogP contribution < -0.4 is 4.74 Å². The maximum atomic E-state index is 6.08. The number of nitrogens with zero attached hydrogens (tertiary/aromatic N) is 4. The van der Waals surface area contributed by atoms with Crippen molar-refractivity contribution < 1.29 is 4.74 Å². The molecule has 25 heavy (non-hydrogen) atoms. The number of benzene rings is 2. The van der Waals surface area contributed by atoms with E-state index in [4.69, 9.17) is 4.74 Å². The van der Waals surface area contributed by atoms with Gasteiger partial charge in [-0.1, -0.05) is 46.9 Å². The fourth-order valence-electron chi connectivity index (χ4n) is 3.08. The second-order valence-corrected chi connectivity index (χ2v) is 7.65. The summed E-state index contributed by atoms with van der Waals surface area (Å²) >= 11 is 3.08. The summed E-state index contributed by atoms with van der Waals surface area (Å²) in [6.45, 7) is 0. The summed E-state index contributed by atoms with van der Waals surface area (Å²) in [4.78, 5) is 11.1. The van der Waals surface area contributed by atoms with Gasteiger partial charge in [-0.25, -0.2) is 9.97 Å². The first-order valence-corrected chi connectivity index (χ1v) is 9.40. The predicted octanol–water partition coefficient (Wildman–Crippen LogP) is 5.20. The average Bonchev–Trinajstić information content (AvgIpc) is 3.33. The van der Waals surface area contributed by atoms with E-state index < -0.39 is 0 Å². The van der Waals surface area contributed by atoms with Gasteiger partial charge in [-0.15, -0.1) is 0 Å². The van der Waals surface area contributed by atoms with Crippen LogP contribution in [-0.2, 0) is 0 Å². The highest BCUT2D eigenvalue weighted by Gasteiger charge is 2.13. The third kappa shape index (κ3) is 1.93. The Hall–Kier alpha value is -2.90. The largest absolute Gasteiger partial charge is 0.433 e. The van der Waals surface area contributed by atoms with Gasteiger partial charge in [0, 0.05) is 0 Å². The smallest absolute Gasteiger partial charge is 0.202 e. The molecule has 5 nitrogen and oxygen atoms in total. The van der Waals surface area contributed by atoms with Crippen LogP contribution in [0.3, 0.4) is 0 Å². The Morgan fingerprint density at radius 3 is 1.68 bits per heavy atom. The number of rotatable bonds is 2. The SMILES string of the molecule is c1ccc2c(c1)nc1sc(Oc3cn4c(nc5ccccc54)s3)cn12. The molecule has 0 atom stereocenters. The lowest BCUT2D eigenvalue weighted by Gasteiger charge is -1.96. The van der Waals surface area contributed by atoms with Gasteiger partial charge in [-0.05, 0) is 24.3 Å². The lowest BCUT2D eigenvalue weighted by molar-refractivity contribution is 0.507. The van der Waals surface area contributed by atoms with Crippen molar-refractivity contribution in [3.8, 4) is 10.1 Å². The molecule has 6 rings (SSSR count). The molecule has 4 heterocycles. The zero-order valence-corrected chi connectivity index (χ0v) is 14.4. The van der Waals surface area contributed by atoms with Crippen LogP contribution in [0.25, 0.3) is 32.0 Å². The van der Waals surface area contributed by atoms with Crippen molar-refractivity contribution >= 4 is 54.7 Å². The molecule has 0 aliphatic rings. The van der Waals surface area contributed by atoms with Gasteiger partial charge >= 0.3 is 0 Å². The molecular weight excluding hydrogens is 352 g/mol. The maximum absolute atomic E-state index is 6.08. The van der Waals surface area contributed by atoms with Crippen molar-refractivity contribution in [1.29, 1.82) is 0 Å².